The van der Waals surface area contributed by atoms with Crippen LogP contribution in [0.2, 0.25) is 0 Å². The number of carbonyl (C=O) groups is 1. The second-order valence-corrected chi connectivity index (χ2v) is 6.15. The van der Waals surface area contributed by atoms with E-state index in [1.165, 1.54) is 0 Å². The highest BCUT2D eigenvalue weighted by Gasteiger charge is 2.21. The zero-order chi connectivity index (χ0) is 10.6. The first-order valence-corrected chi connectivity index (χ1v) is 6.81. The molecule has 0 aromatic carbocycles. The van der Waals surface area contributed by atoms with E-state index in [2.05, 4.69) is 5.32 Å². The van der Waals surface area contributed by atoms with E-state index in [1.807, 2.05) is 0 Å². The van der Waals surface area contributed by atoms with Gasteiger partial charge in [-0.1, -0.05) is 6.92 Å². The molecule has 1 N–H and O–H groups in total. The SMILES string of the molecule is CCS(=O)(=O)CCC(=O)CNC1CC1. The van der Waals surface area contributed by atoms with Crippen molar-refractivity contribution in [2.24, 2.45) is 0 Å². The lowest BCUT2D eigenvalue weighted by Gasteiger charge is -2.02. The third-order valence-electron chi connectivity index (χ3n) is 2.30. The topological polar surface area (TPSA) is 63.2 Å². The molecule has 0 spiro atoms. The molecule has 1 saturated carbocycles. The lowest BCUT2D eigenvalue weighted by molar-refractivity contribution is -0.117. The summed E-state index contributed by atoms with van der Waals surface area (Å²) in [6.45, 7) is 1.92. The molecule has 0 atom stereocenters. The monoisotopic (exact) mass is 219 g/mol. The largest absolute Gasteiger partial charge is 0.307 e. The lowest BCUT2D eigenvalue weighted by Crippen LogP contribution is -2.26. The third-order valence-corrected chi connectivity index (χ3v) is 4.00. The fraction of sp³-hybridized carbons (Fsp3) is 0.889. The third kappa shape index (κ3) is 4.72. The molecular formula is C9H17NO3S. The normalized spacial score (nSPS) is 16.9. The first kappa shape index (κ1) is 11.7. The van der Waals surface area contributed by atoms with Gasteiger partial charge >= 0.3 is 0 Å². The summed E-state index contributed by atoms with van der Waals surface area (Å²) in [5, 5.41) is 3.07. The number of hydrogen-bond donors (Lipinski definition) is 1. The van der Waals surface area contributed by atoms with Crippen molar-refractivity contribution in [1.82, 2.24) is 5.32 Å². The second kappa shape index (κ2) is 4.89. The molecule has 82 valence electrons. The first-order valence-electron chi connectivity index (χ1n) is 4.99. The fourth-order valence-corrected chi connectivity index (χ4v) is 1.88. The highest BCUT2D eigenvalue weighted by atomic mass is 32.2. The van der Waals surface area contributed by atoms with Crippen LogP contribution < -0.4 is 5.32 Å². The first-order chi connectivity index (χ1) is 6.53. The van der Waals surface area contributed by atoms with Crippen LogP contribution in [-0.2, 0) is 14.6 Å². The van der Waals surface area contributed by atoms with Crippen molar-refractivity contribution in [2.75, 3.05) is 18.1 Å². The minimum atomic E-state index is -2.99. The molecule has 1 rings (SSSR count). The van der Waals surface area contributed by atoms with Gasteiger partial charge in [0.2, 0.25) is 0 Å². The molecule has 0 saturated heterocycles. The van der Waals surface area contributed by atoms with Gasteiger partial charge in [0, 0.05) is 18.2 Å². The molecule has 14 heavy (non-hydrogen) atoms. The van der Waals surface area contributed by atoms with Crippen LogP contribution in [0.25, 0.3) is 0 Å². The maximum atomic E-state index is 11.2. The Morgan fingerprint density at radius 3 is 2.57 bits per heavy atom. The van der Waals surface area contributed by atoms with Gasteiger partial charge < -0.3 is 5.32 Å². The average molecular weight is 219 g/mol. The Kier molecular flexibility index (Phi) is 4.07. The number of ketones is 1. The van der Waals surface area contributed by atoms with E-state index in [-0.39, 0.29) is 23.7 Å². The maximum Gasteiger partial charge on any atom is 0.150 e. The number of nitrogens with one attached hydrogen (secondary N) is 1. The molecule has 0 aromatic rings. The Morgan fingerprint density at radius 1 is 1.43 bits per heavy atom. The highest BCUT2D eigenvalue weighted by molar-refractivity contribution is 7.91. The van der Waals surface area contributed by atoms with E-state index in [9.17, 15) is 13.2 Å². The number of Topliss-reactive ketones (excluding diaryl/α,β-unsaturated/α-hetero) is 1. The molecule has 0 bridgehead atoms. The number of hydrogen-bond acceptors (Lipinski definition) is 4. The molecule has 5 heteroatoms. The van der Waals surface area contributed by atoms with Crippen molar-refractivity contribution in [3.63, 3.8) is 0 Å². The molecule has 4 nitrogen and oxygen atoms in total. The number of carbonyl (C=O) groups excluding carboxylic acids is 1. The summed E-state index contributed by atoms with van der Waals surface area (Å²) in [6, 6.07) is 0.502. The van der Waals surface area contributed by atoms with Crippen LogP contribution in [0.1, 0.15) is 26.2 Å². The Bertz CT molecular complexity index is 293. The van der Waals surface area contributed by atoms with Crippen LogP contribution >= 0.6 is 0 Å². The summed E-state index contributed by atoms with van der Waals surface area (Å²) in [4.78, 5) is 11.2. The van der Waals surface area contributed by atoms with Gasteiger partial charge in [-0.15, -0.1) is 0 Å². The Balaban J connectivity index is 2.13. The van der Waals surface area contributed by atoms with Gasteiger partial charge in [-0.2, -0.15) is 0 Å². The van der Waals surface area contributed by atoms with E-state index >= 15 is 0 Å². The minimum absolute atomic E-state index is 0.00528. The van der Waals surface area contributed by atoms with Crippen molar-refractivity contribution in [1.29, 1.82) is 0 Å². The van der Waals surface area contributed by atoms with Crippen molar-refractivity contribution < 1.29 is 13.2 Å². The molecule has 0 aromatic heterocycles. The van der Waals surface area contributed by atoms with Crippen LogP contribution in [0.15, 0.2) is 0 Å². The number of rotatable bonds is 7. The summed E-state index contributed by atoms with van der Waals surface area (Å²) < 4.78 is 22.2. The Labute approximate surface area is 85.0 Å². The van der Waals surface area contributed by atoms with Gasteiger partial charge in [0.25, 0.3) is 0 Å². The zero-order valence-corrected chi connectivity index (χ0v) is 9.27. The van der Waals surface area contributed by atoms with Gasteiger partial charge in [-0.25, -0.2) is 8.42 Å². The van der Waals surface area contributed by atoms with E-state index in [1.54, 1.807) is 6.92 Å². The molecule has 1 aliphatic carbocycles. The van der Waals surface area contributed by atoms with Crippen LogP contribution in [0, 0.1) is 0 Å². The van der Waals surface area contributed by atoms with Gasteiger partial charge in [-0.05, 0) is 12.8 Å². The van der Waals surface area contributed by atoms with Gasteiger partial charge in [0.05, 0.1) is 12.3 Å². The minimum Gasteiger partial charge on any atom is -0.307 e. The van der Waals surface area contributed by atoms with Crippen molar-refractivity contribution in [2.45, 2.75) is 32.2 Å². The van der Waals surface area contributed by atoms with Gasteiger partial charge in [0.15, 0.2) is 0 Å². The zero-order valence-electron chi connectivity index (χ0n) is 8.45. The van der Waals surface area contributed by atoms with E-state index in [4.69, 9.17) is 0 Å². The maximum absolute atomic E-state index is 11.2. The van der Waals surface area contributed by atoms with Crippen LogP contribution in [0.4, 0.5) is 0 Å². The fourth-order valence-electron chi connectivity index (χ4n) is 1.05. The van der Waals surface area contributed by atoms with Crippen LogP contribution in [0.3, 0.4) is 0 Å². The Hall–Kier alpha value is -0.420. The molecule has 0 aliphatic heterocycles. The summed E-state index contributed by atoms with van der Waals surface area (Å²) in [6.07, 6.45) is 2.43. The molecule has 0 radical (unpaired) electrons. The smallest absolute Gasteiger partial charge is 0.150 e. The van der Waals surface area contributed by atoms with E-state index in [0.717, 1.165) is 12.8 Å². The molecule has 1 fully saturated rings. The van der Waals surface area contributed by atoms with Crippen molar-refractivity contribution >= 4 is 15.6 Å². The Morgan fingerprint density at radius 2 is 2.07 bits per heavy atom. The standard InChI is InChI=1S/C9H17NO3S/c1-2-14(12,13)6-5-9(11)7-10-8-3-4-8/h8,10H,2-7H2,1H3. The summed E-state index contributed by atoms with van der Waals surface area (Å²) in [7, 11) is -2.99. The van der Waals surface area contributed by atoms with Crippen LogP contribution in [-0.4, -0.2) is 38.3 Å². The molecule has 0 unspecified atom stereocenters. The number of sulfone groups is 1. The van der Waals surface area contributed by atoms with Crippen molar-refractivity contribution in [3.8, 4) is 0 Å². The van der Waals surface area contributed by atoms with E-state index in [0.29, 0.717) is 12.6 Å². The predicted octanol–water partition coefficient (Wildman–Crippen LogP) is 0.132. The molecule has 1 aliphatic rings. The molecule has 0 amide bonds. The summed E-state index contributed by atoms with van der Waals surface area (Å²) in [5.41, 5.74) is 0. The quantitative estimate of drug-likeness (QED) is 0.661. The summed E-state index contributed by atoms with van der Waals surface area (Å²) in [5.74, 6) is 0.110. The van der Waals surface area contributed by atoms with E-state index < -0.39 is 9.84 Å². The van der Waals surface area contributed by atoms with Crippen LogP contribution in [0.5, 0.6) is 0 Å². The molecule has 0 heterocycles. The van der Waals surface area contributed by atoms with Gasteiger partial charge in [-0.3, -0.25) is 4.79 Å². The molecular weight excluding hydrogens is 202 g/mol. The summed E-state index contributed by atoms with van der Waals surface area (Å²) >= 11 is 0. The van der Waals surface area contributed by atoms with Gasteiger partial charge in [0.1, 0.15) is 15.6 Å². The second-order valence-electron chi connectivity index (χ2n) is 3.68. The van der Waals surface area contributed by atoms with Crippen molar-refractivity contribution in [3.05, 3.63) is 0 Å². The highest BCUT2D eigenvalue weighted by Crippen LogP contribution is 2.18. The predicted molar refractivity (Wildman–Crippen MR) is 55.0 cm³/mol. The lowest BCUT2D eigenvalue weighted by atomic mass is 10.3. The average Bonchev–Trinajstić information content (AvgIpc) is 2.95.